The molecule has 0 aliphatic carbocycles. The molecule has 1 heterocycles. The molecule has 2 aromatic rings. The van der Waals surface area contributed by atoms with Crippen LogP contribution in [0.1, 0.15) is 10.4 Å². The number of carbonyl (C=O) groups is 1. The standard InChI is InChI=1S/C9H7ClN2O/c1-12-4-7-8(11-12)3-2-6(5-13)9(7)10/h2-5H,1H3. The van der Waals surface area contributed by atoms with E-state index in [1.54, 1.807) is 23.0 Å². The number of halogens is 1. The second-order valence-electron chi connectivity index (χ2n) is 2.82. The zero-order valence-electron chi connectivity index (χ0n) is 6.99. The number of benzene rings is 1. The predicted octanol–water partition coefficient (Wildman–Crippen LogP) is 2.04. The van der Waals surface area contributed by atoms with Gasteiger partial charge in [-0.2, -0.15) is 5.10 Å². The molecule has 0 saturated carbocycles. The fourth-order valence-electron chi connectivity index (χ4n) is 1.29. The first-order valence-electron chi connectivity index (χ1n) is 3.79. The topological polar surface area (TPSA) is 34.9 Å². The van der Waals surface area contributed by atoms with Gasteiger partial charge in [0.1, 0.15) is 0 Å². The maximum Gasteiger partial charge on any atom is 0.151 e. The first-order chi connectivity index (χ1) is 6.22. The van der Waals surface area contributed by atoms with Gasteiger partial charge in [-0.15, -0.1) is 0 Å². The molecule has 0 spiro atoms. The van der Waals surface area contributed by atoms with Crippen molar-refractivity contribution < 1.29 is 4.79 Å². The van der Waals surface area contributed by atoms with Gasteiger partial charge >= 0.3 is 0 Å². The van der Waals surface area contributed by atoms with E-state index in [0.29, 0.717) is 10.6 Å². The normalized spacial score (nSPS) is 10.6. The molecule has 13 heavy (non-hydrogen) atoms. The Kier molecular flexibility index (Phi) is 1.81. The average molecular weight is 195 g/mol. The largest absolute Gasteiger partial charge is 0.298 e. The van der Waals surface area contributed by atoms with Gasteiger partial charge in [0, 0.05) is 24.2 Å². The molecular weight excluding hydrogens is 188 g/mol. The second kappa shape index (κ2) is 2.85. The van der Waals surface area contributed by atoms with Gasteiger partial charge in [-0.25, -0.2) is 0 Å². The summed E-state index contributed by atoms with van der Waals surface area (Å²) in [7, 11) is 1.82. The van der Waals surface area contributed by atoms with Gasteiger partial charge in [-0.05, 0) is 12.1 Å². The van der Waals surface area contributed by atoms with Gasteiger partial charge in [0.2, 0.25) is 0 Å². The Morgan fingerprint density at radius 2 is 2.31 bits per heavy atom. The van der Waals surface area contributed by atoms with Gasteiger partial charge in [0.15, 0.2) is 6.29 Å². The van der Waals surface area contributed by atoms with Crippen molar-refractivity contribution in [2.75, 3.05) is 0 Å². The van der Waals surface area contributed by atoms with Crippen molar-refractivity contribution in [3.63, 3.8) is 0 Å². The molecule has 4 heteroatoms. The first-order valence-corrected chi connectivity index (χ1v) is 4.17. The van der Waals surface area contributed by atoms with E-state index in [9.17, 15) is 4.79 Å². The molecule has 0 amide bonds. The minimum Gasteiger partial charge on any atom is -0.298 e. The molecule has 0 aliphatic rings. The fraction of sp³-hybridized carbons (Fsp3) is 0.111. The number of aromatic nitrogens is 2. The maximum atomic E-state index is 10.6. The number of nitrogens with zero attached hydrogens (tertiary/aromatic N) is 2. The smallest absolute Gasteiger partial charge is 0.151 e. The van der Waals surface area contributed by atoms with Crippen molar-refractivity contribution >= 4 is 28.8 Å². The average Bonchev–Trinajstić information content (AvgIpc) is 2.47. The molecule has 0 aliphatic heterocycles. The number of carbonyl (C=O) groups excluding carboxylic acids is 1. The van der Waals surface area contributed by atoms with Gasteiger partial charge in [-0.1, -0.05) is 11.6 Å². The van der Waals surface area contributed by atoms with E-state index in [4.69, 9.17) is 11.6 Å². The van der Waals surface area contributed by atoms with Crippen LogP contribution in [-0.2, 0) is 7.05 Å². The molecule has 3 nitrogen and oxygen atoms in total. The molecule has 0 fully saturated rings. The Bertz CT molecular complexity index is 476. The summed E-state index contributed by atoms with van der Waals surface area (Å²) in [6.07, 6.45) is 2.54. The summed E-state index contributed by atoms with van der Waals surface area (Å²) < 4.78 is 1.67. The highest BCUT2D eigenvalue weighted by molar-refractivity contribution is 6.37. The summed E-state index contributed by atoms with van der Waals surface area (Å²) in [5.74, 6) is 0. The lowest BCUT2D eigenvalue weighted by Gasteiger charge is -1.94. The number of rotatable bonds is 1. The van der Waals surface area contributed by atoms with Crippen molar-refractivity contribution in [2.24, 2.45) is 7.05 Å². The highest BCUT2D eigenvalue weighted by atomic mass is 35.5. The van der Waals surface area contributed by atoms with Crippen LogP contribution in [0.4, 0.5) is 0 Å². The molecular formula is C9H7ClN2O. The highest BCUT2D eigenvalue weighted by Gasteiger charge is 2.06. The molecule has 0 saturated heterocycles. The summed E-state index contributed by atoms with van der Waals surface area (Å²) in [4.78, 5) is 10.6. The molecule has 66 valence electrons. The van der Waals surface area contributed by atoms with Crippen LogP contribution in [0, 0.1) is 0 Å². The minimum absolute atomic E-state index is 0.473. The predicted molar refractivity (Wildman–Crippen MR) is 51.1 cm³/mol. The van der Waals surface area contributed by atoms with Crippen molar-refractivity contribution in [1.29, 1.82) is 0 Å². The van der Waals surface area contributed by atoms with Gasteiger partial charge in [0.05, 0.1) is 10.5 Å². The highest BCUT2D eigenvalue weighted by Crippen LogP contribution is 2.25. The van der Waals surface area contributed by atoms with Crippen LogP contribution in [0.25, 0.3) is 10.9 Å². The lowest BCUT2D eigenvalue weighted by molar-refractivity contribution is 0.112. The number of hydrogen-bond donors (Lipinski definition) is 0. The van der Waals surface area contributed by atoms with Crippen LogP contribution in [0.15, 0.2) is 18.3 Å². The summed E-state index contributed by atoms with van der Waals surface area (Å²) in [5, 5.41) is 5.45. The molecule has 0 N–H and O–H groups in total. The van der Waals surface area contributed by atoms with Crippen LogP contribution in [0.5, 0.6) is 0 Å². The molecule has 2 rings (SSSR count). The Morgan fingerprint density at radius 1 is 1.54 bits per heavy atom. The van der Waals surface area contributed by atoms with Gasteiger partial charge in [0.25, 0.3) is 0 Å². The van der Waals surface area contributed by atoms with Crippen LogP contribution < -0.4 is 0 Å². The second-order valence-corrected chi connectivity index (χ2v) is 3.20. The maximum absolute atomic E-state index is 10.6. The lowest BCUT2D eigenvalue weighted by atomic mass is 10.2. The van der Waals surface area contributed by atoms with Crippen molar-refractivity contribution in [2.45, 2.75) is 0 Å². The summed E-state index contributed by atoms with van der Waals surface area (Å²) >= 11 is 5.97. The van der Waals surface area contributed by atoms with E-state index in [1.165, 1.54) is 0 Å². The number of hydrogen-bond acceptors (Lipinski definition) is 2. The van der Waals surface area contributed by atoms with Crippen LogP contribution >= 0.6 is 11.6 Å². The van der Waals surface area contributed by atoms with Gasteiger partial charge < -0.3 is 0 Å². The molecule has 0 unspecified atom stereocenters. The van der Waals surface area contributed by atoms with E-state index < -0.39 is 0 Å². The first kappa shape index (κ1) is 8.26. The third-order valence-electron chi connectivity index (χ3n) is 1.90. The van der Waals surface area contributed by atoms with Crippen molar-refractivity contribution in [1.82, 2.24) is 9.78 Å². The summed E-state index contributed by atoms with van der Waals surface area (Å²) in [5.41, 5.74) is 1.31. The van der Waals surface area contributed by atoms with Crippen LogP contribution in [-0.4, -0.2) is 16.1 Å². The van der Waals surface area contributed by atoms with Crippen molar-refractivity contribution in [3.05, 3.63) is 28.9 Å². The number of fused-ring (bicyclic) bond motifs is 1. The van der Waals surface area contributed by atoms with Crippen LogP contribution in [0.2, 0.25) is 5.02 Å². The SMILES string of the molecule is Cn1cc2c(Cl)c(C=O)ccc2n1. The number of aldehydes is 1. The molecule has 0 atom stereocenters. The lowest BCUT2D eigenvalue weighted by Crippen LogP contribution is -1.84. The summed E-state index contributed by atoms with van der Waals surface area (Å²) in [6.45, 7) is 0. The summed E-state index contributed by atoms with van der Waals surface area (Å²) in [6, 6.07) is 3.45. The van der Waals surface area contributed by atoms with Crippen LogP contribution in [0.3, 0.4) is 0 Å². The fourth-order valence-corrected chi connectivity index (χ4v) is 1.54. The Morgan fingerprint density at radius 3 is 3.00 bits per heavy atom. The monoisotopic (exact) mass is 194 g/mol. The molecule has 1 aromatic heterocycles. The van der Waals surface area contributed by atoms with E-state index in [2.05, 4.69) is 5.10 Å². The Balaban J connectivity index is 2.85. The molecule has 0 bridgehead atoms. The van der Waals surface area contributed by atoms with E-state index in [1.807, 2.05) is 7.05 Å². The van der Waals surface area contributed by atoms with Gasteiger partial charge in [-0.3, -0.25) is 9.48 Å². The quantitative estimate of drug-likeness (QED) is 0.652. The zero-order valence-corrected chi connectivity index (χ0v) is 7.75. The van der Waals surface area contributed by atoms with Crippen molar-refractivity contribution in [3.8, 4) is 0 Å². The molecule has 1 aromatic carbocycles. The van der Waals surface area contributed by atoms with E-state index in [0.717, 1.165) is 17.2 Å². The van der Waals surface area contributed by atoms with E-state index in [-0.39, 0.29) is 0 Å². The third-order valence-corrected chi connectivity index (χ3v) is 2.32. The Hall–Kier alpha value is -1.35. The minimum atomic E-state index is 0.473. The zero-order chi connectivity index (χ0) is 9.42. The molecule has 0 radical (unpaired) electrons. The third kappa shape index (κ3) is 1.21. The number of aryl methyl sites for hydroxylation is 1. The van der Waals surface area contributed by atoms with E-state index >= 15 is 0 Å². The Labute approximate surface area is 79.9 Å².